The summed E-state index contributed by atoms with van der Waals surface area (Å²) in [6.07, 6.45) is 0. The zero-order valence-electron chi connectivity index (χ0n) is 27.5. The normalized spacial score (nSPS) is 11.5. The van der Waals surface area contributed by atoms with Crippen LogP contribution in [0.4, 0.5) is 17.1 Å². The van der Waals surface area contributed by atoms with E-state index in [-0.39, 0.29) is 0 Å². The van der Waals surface area contributed by atoms with E-state index in [0.717, 1.165) is 77.7 Å². The second kappa shape index (κ2) is 11.9. The summed E-state index contributed by atoms with van der Waals surface area (Å²) in [4.78, 5) is 7.18. The molecule has 10 aromatic rings. The van der Waals surface area contributed by atoms with Crippen LogP contribution < -0.4 is 4.90 Å². The summed E-state index contributed by atoms with van der Waals surface area (Å²) in [6.45, 7) is 0. The first-order valence-corrected chi connectivity index (χ1v) is 17.1. The van der Waals surface area contributed by atoms with Crippen LogP contribution in [-0.2, 0) is 0 Å². The largest absolute Gasteiger partial charge is 0.456 e. The van der Waals surface area contributed by atoms with Crippen molar-refractivity contribution in [1.29, 1.82) is 0 Å². The molecule has 0 aliphatic rings. The highest BCUT2D eigenvalue weighted by molar-refractivity contribution is 6.06. The molecule has 0 amide bonds. The number of hydrogen-bond acceptors (Lipinski definition) is 4. The second-order valence-electron chi connectivity index (χ2n) is 12.8. The van der Waals surface area contributed by atoms with Crippen LogP contribution in [-0.4, -0.2) is 4.98 Å². The molecule has 8 aromatic carbocycles. The number of hydrogen-bond donors (Lipinski definition) is 0. The van der Waals surface area contributed by atoms with E-state index in [0.29, 0.717) is 5.89 Å². The van der Waals surface area contributed by atoms with Gasteiger partial charge < -0.3 is 13.7 Å². The van der Waals surface area contributed by atoms with Gasteiger partial charge in [-0.3, -0.25) is 0 Å². The molecule has 0 aliphatic carbocycles. The van der Waals surface area contributed by atoms with Gasteiger partial charge in [-0.2, -0.15) is 0 Å². The summed E-state index contributed by atoms with van der Waals surface area (Å²) >= 11 is 0. The maximum atomic E-state index is 6.49. The minimum absolute atomic E-state index is 0.616. The molecule has 0 saturated heterocycles. The smallest absolute Gasteiger partial charge is 0.227 e. The highest BCUT2D eigenvalue weighted by Gasteiger charge is 2.18. The molecule has 0 bridgehead atoms. The minimum atomic E-state index is 0.616. The van der Waals surface area contributed by atoms with Gasteiger partial charge in [0.25, 0.3) is 0 Å². The van der Waals surface area contributed by atoms with Gasteiger partial charge in [0.15, 0.2) is 5.58 Å². The van der Waals surface area contributed by atoms with Gasteiger partial charge in [-0.15, -0.1) is 0 Å². The lowest BCUT2D eigenvalue weighted by Gasteiger charge is -2.26. The molecular weight excluding hydrogens is 625 g/mol. The van der Waals surface area contributed by atoms with Gasteiger partial charge >= 0.3 is 0 Å². The van der Waals surface area contributed by atoms with Gasteiger partial charge in [0.2, 0.25) is 5.89 Å². The summed E-state index contributed by atoms with van der Waals surface area (Å²) in [6, 6.07) is 63.4. The molecule has 2 heterocycles. The van der Waals surface area contributed by atoms with E-state index in [4.69, 9.17) is 13.8 Å². The van der Waals surface area contributed by atoms with Crippen LogP contribution in [0.3, 0.4) is 0 Å². The van der Waals surface area contributed by atoms with Crippen molar-refractivity contribution in [3.05, 3.63) is 182 Å². The van der Waals surface area contributed by atoms with E-state index in [2.05, 4.69) is 157 Å². The van der Waals surface area contributed by atoms with Crippen LogP contribution in [0.5, 0.6) is 0 Å². The summed E-state index contributed by atoms with van der Waals surface area (Å²) in [5.41, 5.74) is 11.8. The molecule has 240 valence electrons. The van der Waals surface area contributed by atoms with E-state index in [1.807, 2.05) is 30.3 Å². The van der Waals surface area contributed by atoms with Gasteiger partial charge in [0, 0.05) is 45.0 Å². The van der Waals surface area contributed by atoms with E-state index in [1.165, 1.54) is 10.9 Å². The Balaban J connectivity index is 1.07. The zero-order valence-corrected chi connectivity index (χ0v) is 27.5. The highest BCUT2D eigenvalue weighted by atomic mass is 16.3. The lowest BCUT2D eigenvalue weighted by atomic mass is 10.0. The molecule has 0 spiro atoms. The van der Waals surface area contributed by atoms with Crippen molar-refractivity contribution in [3.8, 4) is 33.7 Å². The standard InChI is InChI=1S/C47H30N2O2/c1-2-10-31(11-3-1)35-14-8-15-38(29-35)49(39-26-27-42-41-16-6-7-19-44(41)50-45(42)30-39)37-24-22-33(23-25-37)40-17-9-18-43-46(40)51-47(48-43)36-21-20-32-12-4-5-13-34(32)28-36/h1-30H. The van der Waals surface area contributed by atoms with Crippen LogP contribution in [0, 0.1) is 0 Å². The Bertz CT molecular complexity index is 2870. The average Bonchev–Trinajstić information content (AvgIpc) is 3.80. The Hall–Kier alpha value is -6.91. The Morgan fingerprint density at radius 2 is 1.10 bits per heavy atom. The Kier molecular flexibility index (Phi) is 6.78. The molecule has 0 saturated carbocycles. The predicted molar refractivity (Wildman–Crippen MR) is 210 cm³/mol. The van der Waals surface area contributed by atoms with Crippen LogP contribution in [0.15, 0.2) is 191 Å². The lowest BCUT2D eigenvalue weighted by molar-refractivity contribution is 0.621. The minimum Gasteiger partial charge on any atom is -0.456 e. The van der Waals surface area contributed by atoms with Gasteiger partial charge in [0.1, 0.15) is 16.7 Å². The monoisotopic (exact) mass is 654 g/mol. The molecule has 0 radical (unpaired) electrons. The van der Waals surface area contributed by atoms with Gasteiger partial charge in [0.05, 0.1) is 0 Å². The topological polar surface area (TPSA) is 42.4 Å². The molecule has 0 aliphatic heterocycles. The predicted octanol–water partition coefficient (Wildman–Crippen LogP) is 13.4. The van der Waals surface area contributed by atoms with Crippen molar-refractivity contribution in [2.24, 2.45) is 0 Å². The Morgan fingerprint density at radius 1 is 0.392 bits per heavy atom. The number of anilines is 3. The number of para-hydroxylation sites is 2. The Labute approximate surface area is 294 Å². The van der Waals surface area contributed by atoms with E-state index < -0.39 is 0 Å². The van der Waals surface area contributed by atoms with Crippen LogP contribution in [0.25, 0.3) is 77.5 Å². The van der Waals surface area contributed by atoms with Crippen LogP contribution in [0.2, 0.25) is 0 Å². The number of benzene rings is 8. The summed E-state index contributed by atoms with van der Waals surface area (Å²) in [7, 11) is 0. The van der Waals surface area contributed by atoms with Crippen LogP contribution >= 0.6 is 0 Å². The maximum Gasteiger partial charge on any atom is 0.227 e. The summed E-state index contributed by atoms with van der Waals surface area (Å²) in [5, 5.41) is 4.57. The van der Waals surface area contributed by atoms with E-state index >= 15 is 0 Å². The summed E-state index contributed by atoms with van der Waals surface area (Å²) < 4.78 is 12.8. The Morgan fingerprint density at radius 3 is 2.00 bits per heavy atom. The maximum absolute atomic E-state index is 6.49. The third-order valence-electron chi connectivity index (χ3n) is 9.68. The fraction of sp³-hybridized carbons (Fsp3) is 0. The van der Waals surface area contributed by atoms with E-state index in [1.54, 1.807) is 0 Å². The highest BCUT2D eigenvalue weighted by Crippen LogP contribution is 2.41. The number of oxazole rings is 1. The molecule has 4 nitrogen and oxygen atoms in total. The van der Waals surface area contributed by atoms with Crippen molar-refractivity contribution in [1.82, 2.24) is 4.98 Å². The van der Waals surface area contributed by atoms with Crippen LogP contribution in [0.1, 0.15) is 0 Å². The SMILES string of the molecule is c1ccc(-c2cccc(N(c3ccc(-c4cccc5nc(-c6ccc7ccccc7c6)oc45)cc3)c3ccc4c(c3)oc3ccccc34)c2)cc1. The quantitative estimate of drug-likeness (QED) is 0.179. The first-order chi connectivity index (χ1) is 25.2. The van der Waals surface area contributed by atoms with E-state index in [9.17, 15) is 0 Å². The van der Waals surface area contributed by atoms with Crippen molar-refractivity contribution in [2.45, 2.75) is 0 Å². The lowest BCUT2D eigenvalue weighted by Crippen LogP contribution is -2.10. The zero-order chi connectivity index (χ0) is 33.7. The average molecular weight is 655 g/mol. The van der Waals surface area contributed by atoms with Gasteiger partial charge in [-0.05, 0) is 88.1 Å². The van der Waals surface area contributed by atoms with Crippen molar-refractivity contribution in [3.63, 3.8) is 0 Å². The summed E-state index contributed by atoms with van der Waals surface area (Å²) in [5.74, 6) is 0.616. The molecule has 10 rings (SSSR count). The molecule has 0 N–H and O–H groups in total. The number of aromatic nitrogens is 1. The molecule has 2 aromatic heterocycles. The molecule has 0 unspecified atom stereocenters. The fourth-order valence-corrected chi connectivity index (χ4v) is 7.17. The van der Waals surface area contributed by atoms with Gasteiger partial charge in [-0.25, -0.2) is 4.98 Å². The molecule has 51 heavy (non-hydrogen) atoms. The molecule has 0 fully saturated rings. The second-order valence-corrected chi connectivity index (χ2v) is 12.8. The van der Waals surface area contributed by atoms with Gasteiger partial charge in [-0.1, -0.05) is 115 Å². The number of furan rings is 1. The molecular formula is C47H30N2O2. The molecule has 0 atom stereocenters. The first-order valence-electron chi connectivity index (χ1n) is 17.1. The number of nitrogens with zero attached hydrogens (tertiary/aromatic N) is 2. The van der Waals surface area contributed by atoms with Crippen molar-refractivity contribution >= 4 is 60.9 Å². The number of rotatable bonds is 6. The fourth-order valence-electron chi connectivity index (χ4n) is 7.17. The van der Waals surface area contributed by atoms with Crippen molar-refractivity contribution < 1.29 is 8.83 Å². The molecule has 4 heteroatoms. The third-order valence-corrected chi connectivity index (χ3v) is 9.68. The third kappa shape index (κ3) is 5.13. The van der Waals surface area contributed by atoms with Crippen molar-refractivity contribution in [2.75, 3.05) is 4.90 Å². The number of fused-ring (bicyclic) bond motifs is 5. The first kappa shape index (κ1) is 29.0.